The standard InChI is InChI=1S/C20H31BrN4O/c1-3-22-20(25-11-9-17(14-25)15-26-2)23-12-16-8-10-24(13-16)19-6-4-18(21)5-7-19/h4-7,16-17H,3,8-15H2,1-2H3,(H,22,23). The monoisotopic (exact) mass is 422 g/mol. The molecule has 0 spiro atoms. The fraction of sp³-hybridized carbons (Fsp3) is 0.650. The number of anilines is 1. The van der Waals surface area contributed by atoms with E-state index in [0.29, 0.717) is 11.8 Å². The summed E-state index contributed by atoms with van der Waals surface area (Å²) in [4.78, 5) is 9.84. The summed E-state index contributed by atoms with van der Waals surface area (Å²) < 4.78 is 6.45. The molecule has 5 nitrogen and oxygen atoms in total. The molecule has 2 saturated heterocycles. The van der Waals surface area contributed by atoms with Crippen molar-refractivity contribution in [2.75, 3.05) is 57.9 Å². The van der Waals surface area contributed by atoms with Gasteiger partial charge in [-0.3, -0.25) is 4.99 Å². The van der Waals surface area contributed by atoms with Crippen LogP contribution in [0.2, 0.25) is 0 Å². The summed E-state index contributed by atoms with van der Waals surface area (Å²) in [6.07, 6.45) is 2.41. The molecule has 1 N–H and O–H groups in total. The van der Waals surface area contributed by atoms with Crippen molar-refractivity contribution >= 4 is 27.6 Å². The number of benzene rings is 1. The van der Waals surface area contributed by atoms with Gasteiger partial charge in [-0.1, -0.05) is 15.9 Å². The lowest BCUT2D eigenvalue weighted by Gasteiger charge is -2.22. The zero-order valence-corrected chi connectivity index (χ0v) is 17.5. The Bertz CT molecular complexity index is 592. The fourth-order valence-corrected chi connectivity index (χ4v) is 4.17. The van der Waals surface area contributed by atoms with Gasteiger partial charge in [-0.25, -0.2) is 0 Å². The van der Waals surface area contributed by atoms with E-state index in [4.69, 9.17) is 9.73 Å². The number of guanidine groups is 1. The highest BCUT2D eigenvalue weighted by atomic mass is 79.9. The van der Waals surface area contributed by atoms with Crippen LogP contribution in [-0.4, -0.2) is 63.8 Å². The molecule has 0 radical (unpaired) electrons. The first kappa shape index (κ1) is 19.5. The maximum Gasteiger partial charge on any atom is 0.193 e. The van der Waals surface area contributed by atoms with Gasteiger partial charge in [0.2, 0.25) is 0 Å². The molecule has 3 rings (SSSR count). The Morgan fingerprint density at radius 3 is 2.69 bits per heavy atom. The summed E-state index contributed by atoms with van der Waals surface area (Å²) in [5.41, 5.74) is 1.31. The number of methoxy groups -OCH3 is 1. The quantitative estimate of drug-likeness (QED) is 0.564. The highest BCUT2D eigenvalue weighted by Crippen LogP contribution is 2.25. The van der Waals surface area contributed by atoms with Crippen molar-refractivity contribution in [3.63, 3.8) is 0 Å². The maximum atomic E-state index is 5.32. The highest BCUT2D eigenvalue weighted by Gasteiger charge is 2.26. The van der Waals surface area contributed by atoms with Gasteiger partial charge in [0.15, 0.2) is 5.96 Å². The molecule has 2 aliphatic heterocycles. The Labute approximate surface area is 165 Å². The van der Waals surface area contributed by atoms with Crippen molar-refractivity contribution in [1.29, 1.82) is 0 Å². The number of aliphatic imine (C=N–C) groups is 1. The van der Waals surface area contributed by atoms with Crippen molar-refractivity contribution in [3.05, 3.63) is 28.7 Å². The Morgan fingerprint density at radius 1 is 1.19 bits per heavy atom. The molecule has 2 atom stereocenters. The van der Waals surface area contributed by atoms with Crippen molar-refractivity contribution in [2.24, 2.45) is 16.8 Å². The van der Waals surface area contributed by atoms with Crippen LogP contribution in [0.15, 0.2) is 33.7 Å². The molecular formula is C20H31BrN4O. The zero-order chi connectivity index (χ0) is 18.4. The molecule has 2 fully saturated rings. The third-order valence-corrected chi connectivity index (χ3v) is 5.83. The van der Waals surface area contributed by atoms with Gasteiger partial charge in [0.05, 0.1) is 6.61 Å². The van der Waals surface area contributed by atoms with E-state index in [1.54, 1.807) is 7.11 Å². The molecule has 0 aromatic heterocycles. The van der Waals surface area contributed by atoms with Crippen LogP contribution >= 0.6 is 15.9 Å². The van der Waals surface area contributed by atoms with Crippen molar-refractivity contribution < 1.29 is 4.74 Å². The Morgan fingerprint density at radius 2 is 1.96 bits per heavy atom. The molecule has 0 aliphatic carbocycles. The minimum absolute atomic E-state index is 0.628. The minimum Gasteiger partial charge on any atom is -0.384 e. The zero-order valence-electron chi connectivity index (χ0n) is 16.0. The molecule has 2 heterocycles. The first-order valence-electron chi connectivity index (χ1n) is 9.72. The molecule has 6 heteroatoms. The average molecular weight is 423 g/mol. The number of nitrogens with one attached hydrogen (secondary N) is 1. The first-order valence-corrected chi connectivity index (χ1v) is 10.5. The van der Waals surface area contributed by atoms with Gasteiger partial charge in [-0.2, -0.15) is 0 Å². The van der Waals surface area contributed by atoms with E-state index in [2.05, 4.69) is 62.2 Å². The molecule has 144 valence electrons. The summed E-state index contributed by atoms with van der Waals surface area (Å²) in [5.74, 6) is 2.33. The average Bonchev–Trinajstić information content (AvgIpc) is 3.29. The van der Waals surface area contributed by atoms with E-state index in [0.717, 1.165) is 56.3 Å². The Balaban J connectivity index is 1.54. The summed E-state index contributed by atoms with van der Waals surface area (Å²) in [5, 5.41) is 3.48. The summed E-state index contributed by atoms with van der Waals surface area (Å²) in [7, 11) is 1.79. The van der Waals surface area contributed by atoms with Crippen LogP contribution in [0.4, 0.5) is 5.69 Å². The number of hydrogen-bond acceptors (Lipinski definition) is 3. The molecule has 2 unspecified atom stereocenters. The third-order valence-electron chi connectivity index (χ3n) is 5.30. The summed E-state index contributed by atoms with van der Waals surface area (Å²) in [6, 6.07) is 8.63. The predicted molar refractivity (Wildman–Crippen MR) is 112 cm³/mol. The lowest BCUT2D eigenvalue weighted by molar-refractivity contribution is 0.157. The van der Waals surface area contributed by atoms with E-state index < -0.39 is 0 Å². The van der Waals surface area contributed by atoms with E-state index in [1.807, 2.05) is 0 Å². The predicted octanol–water partition coefficient (Wildman–Crippen LogP) is 3.21. The maximum absolute atomic E-state index is 5.32. The van der Waals surface area contributed by atoms with Crippen molar-refractivity contribution in [2.45, 2.75) is 19.8 Å². The molecule has 1 aromatic rings. The van der Waals surface area contributed by atoms with Crippen LogP contribution in [-0.2, 0) is 4.74 Å². The molecule has 2 aliphatic rings. The van der Waals surface area contributed by atoms with E-state index in [9.17, 15) is 0 Å². The molecule has 26 heavy (non-hydrogen) atoms. The van der Waals surface area contributed by atoms with Crippen LogP contribution in [0.25, 0.3) is 0 Å². The third kappa shape index (κ3) is 5.13. The van der Waals surface area contributed by atoms with Gasteiger partial charge in [0.25, 0.3) is 0 Å². The van der Waals surface area contributed by atoms with E-state index >= 15 is 0 Å². The van der Waals surface area contributed by atoms with Crippen LogP contribution in [0.5, 0.6) is 0 Å². The number of nitrogens with zero attached hydrogens (tertiary/aromatic N) is 3. The largest absolute Gasteiger partial charge is 0.384 e. The van der Waals surface area contributed by atoms with Crippen molar-refractivity contribution in [3.8, 4) is 0 Å². The Kier molecular flexibility index (Phi) is 7.20. The highest BCUT2D eigenvalue weighted by molar-refractivity contribution is 9.10. The van der Waals surface area contributed by atoms with Crippen LogP contribution in [0.3, 0.4) is 0 Å². The lowest BCUT2D eigenvalue weighted by Crippen LogP contribution is -2.40. The number of halogens is 1. The molecule has 1 aromatic carbocycles. The number of hydrogen-bond donors (Lipinski definition) is 1. The van der Waals surface area contributed by atoms with E-state index in [-0.39, 0.29) is 0 Å². The second kappa shape index (κ2) is 9.60. The molecular weight excluding hydrogens is 392 g/mol. The fourth-order valence-electron chi connectivity index (χ4n) is 3.91. The summed E-state index contributed by atoms with van der Waals surface area (Å²) in [6.45, 7) is 9.16. The lowest BCUT2D eigenvalue weighted by atomic mass is 10.1. The van der Waals surface area contributed by atoms with Gasteiger partial charge in [0.1, 0.15) is 0 Å². The van der Waals surface area contributed by atoms with Crippen LogP contribution in [0, 0.1) is 11.8 Å². The molecule has 0 bridgehead atoms. The minimum atomic E-state index is 0.628. The summed E-state index contributed by atoms with van der Waals surface area (Å²) >= 11 is 3.51. The van der Waals surface area contributed by atoms with Gasteiger partial charge >= 0.3 is 0 Å². The number of ether oxygens (including phenoxy) is 1. The van der Waals surface area contributed by atoms with Crippen LogP contribution < -0.4 is 10.2 Å². The van der Waals surface area contributed by atoms with E-state index in [1.165, 1.54) is 18.5 Å². The second-order valence-electron chi connectivity index (χ2n) is 7.33. The van der Waals surface area contributed by atoms with Gasteiger partial charge < -0.3 is 19.9 Å². The van der Waals surface area contributed by atoms with Gasteiger partial charge in [0, 0.05) is 62.5 Å². The van der Waals surface area contributed by atoms with Gasteiger partial charge in [-0.15, -0.1) is 0 Å². The van der Waals surface area contributed by atoms with Crippen molar-refractivity contribution in [1.82, 2.24) is 10.2 Å². The number of rotatable bonds is 6. The smallest absolute Gasteiger partial charge is 0.193 e. The molecule has 0 amide bonds. The first-order chi connectivity index (χ1) is 12.7. The second-order valence-corrected chi connectivity index (χ2v) is 8.24. The SMILES string of the molecule is CCNC(=NCC1CCN(c2ccc(Br)cc2)C1)N1CCC(COC)C1. The topological polar surface area (TPSA) is 40.1 Å². The molecule has 0 saturated carbocycles. The normalized spacial score (nSPS) is 23.7. The Hall–Kier alpha value is -1.27. The number of likely N-dealkylation sites (tertiary alicyclic amines) is 1. The van der Waals surface area contributed by atoms with Gasteiger partial charge in [-0.05, 0) is 49.9 Å². The van der Waals surface area contributed by atoms with Crippen LogP contribution in [0.1, 0.15) is 19.8 Å².